The molecule has 0 aliphatic heterocycles. The molecule has 19 heavy (non-hydrogen) atoms. The van der Waals surface area contributed by atoms with Gasteiger partial charge in [0.25, 0.3) is 0 Å². The highest BCUT2D eigenvalue weighted by atomic mass is 35.5. The third-order valence-corrected chi connectivity index (χ3v) is 3.22. The molecular formula is C13H10ClN3O2. The van der Waals surface area contributed by atoms with Crippen molar-refractivity contribution >= 4 is 28.4 Å². The summed E-state index contributed by atoms with van der Waals surface area (Å²) in [6.45, 7) is 0.330. The average Bonchev–Trinajstić information content (AvgIpc) is 2.68. The first-order chi connectivity index (χ1) is 9.15. The maximum atomic E-state index is 11.9. The molecule has 0 bridgehead atoms. The molecule has 2 N–H and O–H groups in total. The summed E-state index contributed by atoms with van der Waals surface area (Å²) in [7, 11) is 0. The second-order valence-corrected chi connectivity index (χ2v) is 4.56. The Labute approximate surface area is 113 Å². The maximum Gasteiger partial charge on any atom is 0.420 e. The van der Waals surface area contributed by atoms with Crippen molar-refractivity contribution in [3.63, 3.8) is 0 Å². The number of nitrogen functional groups attached to an aromatic ring is 1. The molecule has 0 aliphatic carbocycles. The minimum Gasteiger partial charge on any atom is -0.408 e. The highest BCUT2D eigenvalue weighted by Gasteiger charge is 2.11. The SMILES string of the molecule is Nc1ccc2c(c1)oc(=O)n2Cc1ccncc1Cl. The van der Waals surface area contributed by atoms with Gasteiger partial charge in [-0.15, -0.1) is 0 Å². The van der Waals surface area contributed by atoms with Crippen LogP contribution in [0.3, 0.4) is 0 Å². The zero-order chi connectivity index (χ0) is 13.4. The molecule has 5 nitrogen and oxygen atoms in total. The lowest BCUT2D eigenvalue weighted by Crippen LogP contribution is -2.15. The number of oxazole rings is 1. The van der Waals surface area contributed by atoms with Gasteiger partial charge in [-0.3, -0.25) is 9.55 Å². The Bertz CT molecular complexity index is 807. The van der Waals surface area contributed by atoms with Crippen LogP contribution >= 0.6 is 11.6 Å². The number of rotatable bonds is 2. The molecule has 3 aromatic rings. The van der Waals surface area contributed by atoms with E-state index >= 15 is 0 Å². The van der Waals surface area contributed by atoms with E-state index in [1.54, 1.807) is 36.7 Å². The molecule has 0 amide bonds. The van der Waals surface area contributed by atoms with E-state index in [1.807, 2.05) is 0 Å². The molecule has 6 heteroatoms. The Hall–Kier alpha value is -2.27. The molecule has 0 fully saturated rings. The largest absolute Gasteiger partial charge is 0.420 e. The second-order valence-electron chi connectivity index (χ2n) is 4.15. The molecule has 0 saturated heterocycles. The third kappa shape index (κ3) is 2.08. The number of halogens is 1. The summed E-state index contributed by atoms with van der Waals surface area (Å²) >= 11 is 6.04. The quantitative estimate of drug-likeness (QED) is 0.728. The van der Waals surface area contributed by atoms with Crippen LogP contribution in [0.25, 0.3) is 11.1 Å². The topological polar surface area (TPSA) is 74.0 Å². The fraction of sp³-hybridized carbons (Fsp3) is 0.0769. The first kappa shape index (κ1) is 11.8. The van der Waals surface area contributed by atoms with Crippen molar-refractivity contribution in [2.45, 2.75) is 6.54 Å². The summed E-state index contributed by atoms with van der Waals surface area (Å²) < 4.78 is 6.67. The molecule has 2 aromatic heterocycles. The molecule has 0 saturated carbocycles. The van der Waals surface area contributed by atoms with Crippen LogP contribution in [-0.2, 0) is 6.54 Å². The van der Waals surface area contributed by atoms with Crippen LogP contribution in [0, 0.1) is 0 Å². The Morgan fingerprint density at radius 3 is 3.00 bits per heavy atom. The number of benzene rings is 1. The molecule has 2 heterocycles. The fourth-order valence-electron chi connectivity index (χ4n) is 1.94. The van der Waals surface area contributed by atoms with Crippen LogP contribution in [-0.4, -0.2) is 9.55 Å². The number of nitrogens with zero attached hydrogens (tertiary/aromatic N) is 2. The van der Waals surface area contributed by atoms with Crippen LogP contribution in [0.2, 0.25) is 5.02 Å². The third-order valence-electron chi connectivity index (χ3n) is 2.88. The van der Waals surface area contributed by atoms with Gasteiger partial charge in [0.2, 0.25) is 0 Å². The van der Waals surface area contributed by atoms with Gasteiger partial charge in [0.15, 0.2) is 5.58 Å². The number of nitrogens with two attached hydrogens (primary N) is 1. The van der Waals surface area contributed by atoms with E-state index < -0.39 is 5.76 Å². The van der Waals surface area contributed by atoms with Crippen molar-refractivity contribution in [2.24, 2.45) is 0 Å². The zero-order valence-corrected chi connectivity index (χ0v) is 10.6. The van der Waals surface area contributed by atoms with E-state index in [4.69, 9.17) is 21.8 Å². The van der Waals surface area contributed by atoms with Crippen LogP contribution < -0.4 is 11.5 Å². The number of fused-ring (bicyclic) bond motifs is 1. The molecule has 1 aromatic carbocycles. The van der Waals surface area contributed by atoms with Gasteiger partial charge in [0, 0.05) is 24.1 Å². The molecular weight excluding hydrogens is 266 g/mol. The molecule has 0 aliphatic rings. The van der Waals surface area contributed by atoms with E-state index in [0.717, 1.165) is 5.56 Å². The van der Waals surface area contributed by atoms with Gasteiger partial charge >= 0.3 is 5.76 Å². The van der Waals surface area contributed by atoms with Gasteiger partial charge < -0.3 is 10.2 Å². The predicted molar refractivity (Wildman–Crippen MR) is 73.2 cm³/mol. The monoisotopic (exact) mass is 275 g/mol. The molecule has 96 valence electrons. The van der Waals surface area contributed by atoms with Crippen molar-refractivity contribution in [1.82, 2.24) is 9.55 Å². The minimum atomic E-state index is -0.437. The Morgan fingerprint density at radius 1 is 1.37 bits per heavy atom. The van der Waals surface area contributed by atoms with E-state index in [9.17, 15) is 4.79 Å². The second kappa shape index (κ2) is 4.44. The Morgan fingerprint density at radius 2 is 2.21 bits per heavy atom. The lowest BCUT2D eigenvalue weighted by molar-refractivity contribution is 0.518. The van der Waals surface area contributed by atoms with Gasteiger partial charge in [-0.1, -0.05) is 11.6 Å². The smallest absolute Gasteiger partial charge is 0.408 e. The van der Waals surface area contributed by atoms with Gasteiger partial charge in [-0.2, -0.15) is 0 Å². The van der Waals surface area contributed by atoms with E-state index in [2.05, 4.69) is 4.98 Å². The van der Waals surface area contributed by atoms with Crippen molar-refractivity contribution in [3.8, 4) is 0 Å². The van der Waals surface area contributed by atoms with Crippen LogP contribution in [0.4, 0.5) is 5.69 Å². The Kier molecular flexibility index (Phi) is 2.76. The van der Waals surface area contributed by atoms with Gasteiger partial charge in [0.05, 0.1) is 17.1 Å². The fourth-order valence-corrected chi connectivity index (χ4v) is 2.11. The number of hydrogen-bond donors (Lipinski definition) is 1. The molecule has 0 spiro atoms. The predicted octanol–water partition coefficient (Wildman–Crippen LogP) is 2.27. The number of aromatic nitrogens is 2. The van der Waals surface area contributed by atoms with E-state index in [0.29, 0.717) is 28.4 Å². The molecule has 0 atom stereocenters. The summed E-state index contributed by atoms with van der Waals surface area (Å²) in [6.07, 6.45) is 3.18. The average molecular weight is 276 g/mol. The van der Waals surface area contributed by atoms with Gasteiger partial charge in [0.1, 0.15) is 0 Å². The van der Waals surface area contributed by atoms with E-state index in [-0.39, 0.29) is 0 Å². The summed E-state index contributed by atoms with van der Waals surface area (Å²) in [5.41, 5.74) is 8.17. The van der Waals surface area contributed by atoms with Crippen LogP contribution in [0.1, 0.15) is 5.56 Å². The number of anilines is 1. The van der Waals surface area contributed by atoms with Crippen molar-refractivity contribution in [3.05, 3.63) is 57.8 Å². The first-order valence-corrected chi connectivity index (χ1v) is 6.00. The molecule has 0 radical (unpaired) electrons. The molecule has 0 unspecified atom stereocenters. The molecule has 3 rings (SSSR count). The van der Waals surface area contributed by atoms with Gasteiger partial charge in [-0.25, -0.2) is 4.79 Å². The number of hydrogen-bond acceptors (Lipinski definition) is 4. The van der Waals surface area contributed by atoms with Crippen molar-refractivity contribution in [2.75, 3.05) is 5.73 Å². The first-order valence-electron chi connectivity index (χ1n) is 5.62. The van der Waals surface area contributed by atoms with Crippen molar-refractivity contribution in [1.29, 1.82) is 0 Å². The highest BCUT2D eigenvalue weighted by molar-refractivity contribution is 6.31. The maximum absolute atomic E-state index is 11.9. The normalized spacial score (nSPS) is 11.0. The van der Waals surface area contributed by atoms with Gasteiger partial charge in [-0.05, 0) is 23.8 Å². The lowest BCUT2D eigenvalue weighted by Gasteiger charge is -2.04. The Balaban J connectivity index is 2.13. The highest BCUT2D eigenvalue weighted by Crippen LogP contribution is 2.19. The zero-order valence-electron chi connectivity index (χ0n) is 9.84. The minimum absolute atomic E-state index is 0.330. The number of pyridine rings is 1. The van der Waals surface area contributed by atoms with Crippen molar-refractivity contribution < 1.29 is 4.42 Å². The lowest BCUT2D eigenvalue weighted by atomic mass is 10.2. The summed E-state index contributed by atoms with van der Waals surface area (Å²) in [5.74, 6) is -0.437. The standard InChI is InChI=1S/C13H10ClN3O2/c14-10-6-16-4-3-8(10)7-17-11-2-1-9(15)5-12(11)19-13(17)18/h1-6H,7,15H2. The van der Waals surface area contributed by atoms with E-state index in [1.165, 1.54) is 4.57 Å². The summed E-state index contributed by atoms with van der Waals surface area (Å²) in [6, 6.07) is 6.87. The van der Waals surface area contributed by atoms with Crippen LogP contribution in [0.5, 0.6) is 0 Å². The summed E-state index contributed by atoms with van der Waals surface area (Å²) in [4.78, 5) is 15.8. The summed E-state index contributed by atoms with van der Waals surface area (Å²) in [5, 5.41) is 0.513. The van der Waals surface area contributed by atoms with Crippen LogP contribution in [0.15, 0.2) is 45.9 Å².